The molecule has 1 aliphatic heterocycles. The van der Waals surface area contributed by atoms with Crippen LogP contribution in [0.3, 0.4) is 0 Å². The second-order valence-corrected chi connectivity index (χ2v) is 8.24. The zero-order valence-electron chi connectivity index (χ0n) is 16.8. The molecule has 0 aromatic rings. The predicted octanol–water partition coefficient (Wildman–Crippen LogP) is 1.20. The van der Waals surface area contributed by atoms with E-state index in [4.69, 9.17) is 0 Å². The van der Waals surface area contributed by atoms with Crippen LogP contribution in [0.2, 0.25) is 0 Å². The van der Waals surface area contributed by atoms with Gasteiger partial charge >= 0.3 is 0 Å². The first-order valence-electron chi connectivity index (χ1n) is 9.84. The van der Waals surface area contributed by atoms with Crippen LogP contribution in [0.15, 0.2) is 4.99 Å². The highest BCUT2D eigenvalue weighted by molar-refractivity contribution is 5.88. The third kappa shape index (κ3) is 5.88. The van der Waals surface area contributed by atoms with Gasteiger partial charge in [-0.2, -0.15) is 0 Å². The van der Waals surface area contributed by atoms with Gasteiger partial charge < -0.3 is 20.4 Å². The van der Waals surface area contributed by atoms with Crippen LogP contribution < -0.4 is 10.6 Å². The maximum atomic E-state index is 12.0. The molecule has 148 valence electrons. The summed E-state index contributed by atoms with van der Waals surface area (Å²) in [4.78, 5) is 32.2. The molecular formula is C19H35N5O2. The molecule has 0 aromatic carbocycles. The maximum absolute atomic E-state index is 12.0. The van der Waals surface area contributed by atoms with Crippen molar-refractivity contribution in [2.24, 2.45) is 10.4 Å². The summed E-state index contributed by atoms with van der Waals surface area (Å²) in [6, 6.07) is 0.0988. The molecule has 1 aliphatic carbocycles. The second-order valence-electron chi connectivity index (χ2n) is 8.24. The number of likely N-dealkylation sites (N-methyl/N-ethyl adjacent to an activating group) is 1. The topological polar surface area (TPSA) is 77.0 Å². The van der Waals surface area contributed by atoms with E-state index in [0.717, 1.165) is 13.1 Å². The maximum Gasteiger partial charge on any atom is 0.242 e. The van der Waals surface area contributed by atoms with Gasteiger partial charge in [0.25, 0.3) is 0 Å². The number of carbonyl (C=O) groups is 2. The lowest BCUT2D eigenvalue weighted by Gasteiger charge is -2.33. The summed E-state index contributed by atoms with van der Waals surface area (Å²) < 4.78 is 0. The van der Waals surface area contributed by atoms with Crippen LogP contribution >= 0.6 is 0 Å². The van der Waals surface area contributed by atoms with Crippen LogP contribution in [0.5, 0.6) is 0 Å². The number of aliphatic imine (C=N–C) groups is 1. The number of nitrogens with zero attached hydrogens (tertiary/aromatic N) is 3. The fourth-order valence-electron chi connectivity index (χ4n) is 3.92. The zero-order valence-corrected chi connectivity index (χ0v) is 16.8. The average Bonchev–Trinajstić information content (AvgIpc) is 2.97. The van der Waals surface area contributed by atoms with Gasteiger partial charge in [0.15, 0.2) is 5.96 Å². The van der Waals surface area contributed by atoms with E-state index in [9.17, 15) is 9.59 Å². The number of guanidine groups is 1. The Kier molecular flexibility index (Phi) is 7.29. The molecular weight excluding hydrogens is 330 g/mol. The van der Waals surface area contributed by atoms with Gasteiger partial charge in [0.05, 0.1) is 6.54 Å². The minimum Gasteiger partial charge on any atom is -0.352 e. The Labute approximate surface area is 157 Å². The average molecular weight is 366 g/mol. The van der Waals surface area contributed by atoms with E-state index in [1.54, 1.807) is 19.0 Å². The van der Waals surface area contributed by atoms with Crippen LogP contribution in [0, 0.1) is 5.41 Å². The molecule has 1 saturated heterocycles. The Hall–Kier alpha value is -1.79. The Morgan fingerprint density at radius 2 is 1.85 bits per heavy atom. The molecule has 2 aliphatic rings. The van der Waals surface area contributed by atoms with Gasteiger partial charge in [-0.15, -0.1) is 0 Å². The molecule has 0 atom stereocenters. The first-order chi connectivity index (χ1) is 12.3. The third-order valence-corrected chi connectivity index (χ3v) is 5.37. The number of hydrogen-bond acceptors (Lipinski definition) is 3. The lowest BCUT2D eigenvalue weighted by atomic mass is 9.73. The highest BCUT2D eigenvalue weighted by Gasteiger charge is 2.39. The summed E-state index contributed by atoms with van der Waals surface area (Å²) in [6.07, 6.45) is 7.69. The molecule has 7 nitrogen and oxygen atoms in total. The Morgan fingerprint density at radius 3 is 2.46 bits per heavy atom. The quantitative estimate of drug-likeness (QED) is 0.567. The van der Waals surface area contributed by atoms with Gasteiger partial charge in [-0.3, -0.25) is 9.59 Å². The van der Waals surface area contributed by atoms with E-state index in [2.05, 4.69) is 20.5 Å². The summed E-state index contributed by atoms with van der Waals surface area (Å²) in [7, 11) is 3.48. The van der Waals surface area contributed by atoms with Crippen molar-refractivity contribution < 1.29 is 9.59 Å². The zero-order chi connectivity index (χ0) is 19.2. The third-order valence-electron chi connectivity index (χ3n) is 5.37. The molecule has 2 rings (SSSR count). The Morgan fingerprint density at radius 1 is 1.15 bits per heavy atom. The molecule has 7 heteroatoms. The van der Waals surface area contributed by atoms with Crippen molar-refractivity contribution in [1.82, 2.24) is 20.4 Å². The van der Waals surface area contributed by atoms with Crippen LogP contribution in [-0.2, 0) is 9.59 Å². The van der Waals surface area contributed by atoms with E-state index >= 15 is 0 Å². The number of rotatable bonds is 5. The van der Waals surface area contributed by atoms with Crippen molar-refractivity contribution in [2.45, 2.75) is 58.4 Å². The van der Waals surface area contributed by atoms with Crippen molar-refractivity contribution in [3.63, 3.8) is 0 Å². The smallest absolute Gasteiger partial charge is 0.242 e. The van der Waals surface area contributed by atoms with E-state index < -0.39 is 0 Å². The molecule has 2 fully saturated rings. The summed E-state index contributed by atoms with van der Waals surface area (Å²) in [5.41, 5.74) is 0.395. The number of carbonyl (C=O) groups excluding carboxylic acids is 2. The number of likely N-dealkylation sites (tertiary alicyclic amines) is 1. The molecule has 0 unspecified atom stereocenters. The minimum atomic E-state index is -0.0928. The van der Waals surface area contributed by atoms with Gasteiger partial charge in [0, 0.05) is 33.2 Å². The first-order valence-corrected chi connectivity index (χ1v) is 9.84. The molecule has 1 spiro atoms. The van der Waals surface area contributed by atoms with Crippen molar-refractivity contribution in [3.8, 4) is 0 Å². The van der Waals surface area contributed by atoms with Crippen molar-refractivity contribution in [1.29, 1.82) is 0 Å². The molecule has 26 heavy (non-hydrogen) atoms. The monoisotopic (exact) mass is 365 g/mol. The molecule has 2 amide bonds. The summed E-state index contributed by atoms with van der Waals surface area (Å²) >= 11 is 0. The number of amides is 2. The molecule has 0 bridgehead atoms. The van der Waals surface area contributed by atoms with Crippen LogP contribution in [0.25, 0.3) is 0 Å². The molecule has 0 aromatic heterocycles. The van der Waals surface area contributed by atoms with Gasteiger partial charge in [-0.05, 0) is 38.5 Å². The van der Waals surface area contributed by atoms with Gasteiger partial charge in [0.2, 0.25) is 11.8 Å². The van der Waals surface area contributed by atoms with Crippen molar-refractivity contribution >= 4 is 17.8 Å². The number of hydrogen-bond donors (Lipinski definition) is 2. The second kappa shape index (κ2) is 9.24. The van der Waals surface area contributed by atoms with E-state index in [-0.39, 0.29) is 30.9 Å². The van der Waals surface area contributed by atoms with E-state index in [0.29, 0.717) is 11.4 Å². The highest BCUT2D eigenvalue weighted by atomic mass is 16.2. The minimum absolute atomic E-state index is 0.00379. The van der Waals surface area contributed by atoms with E-state index in [1.165, 1.54) is 38.5 Å². The van der Waals surface area contributed by atoms with Crippen LogP contribution in [0.1, 0.15) is 52.4 Å². The standard InChI is InChI=1S/C19H35N5O2/c1-15(2)22-16(25)12-20-18(21-13-17(26)23(3)4)24-11-10-19(14-24)8-6-5-7-9-19/h15H,5-14H2,1-4H3,(H,20,21)(H,22,25). The lowest BCUT2D eigenvalue weighted by Crippen LogP contribution is -2.46. The summed E-state index contributed by atoms with van der Waals surface area (Å²) in [6.45, 7) is 6.06. The Balaban J connectivity index is 2.02. The molecule has 1 heterocycles. The molecule has 2 N–H and O–H groups in total. The molecule has 1 saturated carbocycles. The van der Waals surface area contributed by atoms with Crippen molar-refractivity contribution in [3.05, 3.63) is 0 Å². The summed E-state index contributed by atoms with van der Waals surface area (Å²) in [5.74, 6) is 0.585. The van der Waals surface area contributed by atoms with Crippen molar-refractivity contribution in [2.75, 3.05) is 40.3 Å². The van der Waals surface area contributed by atoms with E-state index in [1.807, 2.05) is 13.8 Å². The van der Waals surface area contributed by atoms with Gasteiger partial charge in [-0.25, -0.2) is 4.99 Å². The fourth-order valence-corrected chi connectivity index (χ4v) is 3.92. The largest absolute Gasteiger partial charge is 0.352 e. The van der Waals surface area contributed by atoms with Crippen LogP contribution in [0.4, 0.5) is 0 Å². The summed E-state index contributed by atoms with van der Waals surface area (Å²) in [5, 5.41) is 6.04. The normalized spacial score (nSPS) is 19.7. The molecule has 0 radical (unpaired) electrons. The predicted molar refractivity (Wildman–Crippen MR) is 104 cm³/mol. The lowest BCUT2D eigenvalue weighted by molar-refractivity contribution is -0.127. The van der Waals surface area contributed by atoms with Gasteiger partial charge in [0.1, 0.15) is 6.54 Å². The number of nitrogens with one attached hydrogen (secondary N) is 2. The van der Waals surface area contributed by atoms with Crippen LogP contribution in [-0.4, -0.2) is 73.9 Å². The first kappa shape index (κ1) is 20.5. The SMILES string of the molecule is CC(C)NC(=O)CN=C(NCC(=O)N(C)C)N1CCC2(CCCCC2)C1. The van der Waals surface area contributed by atoms with Gasteiger partial charge in [-0.1, -0.05) is 19.3 Å². The fraction of sp³-hybridized carbons (Fsp3) is 0.842. The highest BCUT2D eigenvalue weighted by Crippen LogP contribution is 2.43. The Bertz CT molecular complexity index is 524.